The van der Waals surface area contributed by atoms with Crippen molar-refractivity contribution < 1.29 is 14.0 Å². The second-order valence-corrected chi connectivity index (χ2v) is 6.34. The maximum absolute atomic E-state index is 6.08. The molecule has 0 N–H and O–H groups in total. The normalized spacial score (nSPS) is 20.2. The molecule has 1 fully saturated rings. The second kappa shape index (κ2) is 5.37. The van der Waals surface area contributed by atoms with E-state index >= 15 is 0 Å². The van der Waals surface area contributed by atoms with Crippen LogP contribution in [0.3, 0.4) is 0 Å². The van der Waals surface area contributed by atoms with E-state index in [2.05, 4.69) is 11.9 Å². The number of aryl methyl sites for hydroxylation is 1. The van der Waals surface area contributed by atoms with Gasteiger partial charge in [-0.1, -0.05) is 13.0 Å². The van der Waals surface area contributed by atoms with Crippen molar-refractivity contribution in [2.75, 3.05) is 6.61 Å². The summed E-state index contributed by atoms with van der Waals surface area (Å²) in [7, 11) is -0.431. The summed E-state index contributed by atoms with van der Waals surface area (Å²) >= 11 is 0. The highest BCUT2D eigenvalue weighted by molar-refractivity contribution is 6.63. The highest BCUT2D eigenvalue weighted by atomic mass is 16.7. The fraction of sp³-hybridized carbons (Fsp3) is 0.667. The summed E-state index contributed by atoms with van der Waals surface area (Å²) in [6, 6.07) is 2.03. The van der Waals surface area contributed by atoms with E-state index < -0.39 is 7.12 Å². The fourth-order valence-corrected chi connectivity index (χ4v) is 2.04. The molecule has 1 aliphatic rings. The van der Waals surface area contributed by atoms with E-state index in [9.17, 15) is 0 Å². The molecule has 0 aromatic carbocycles. The first-order valence-corrected chi connectivity index (χ1v) is 7.22. The van der Waals surface area contributed by atoms with Gasteiger partial charge in [0, 0.05) is 11.7 Å². The molecule has 0 saturated carbocycles. The van der Waals surface area contributed by atoms with Crippen molar-refractivity contribution in [2.45, 2.75) is 59.2 Å². The number of ether oxygens (including phenoxy) is 1. The lowest BCUT2D eigenvalue weighted by molar-refractivity contribution is 0.00578. The third-order valence-electron chi connectivity index (χ3n) is 3.97. The van der Waals surface area contributed by atoms with Crippen LogP contribution in [-0.2, 0) is 9.31 Å². The molecule has 2 rings (SSSR count). The minimum absolute atomic E-state index is 0.358. The van der Waals surface area contributed by atoms with Crippen LogP contribution in [0.4, 0.5) is 0 Å². The van der Waals surface area contributed by atoms with Crippen molar-refractivity contribution in [2.24, 2.45) is 0 Å². The number of hydrogen-bond acceptors (Lipinski definition) is 4. The Morgan fingerprint density at radius 1 is 1.20 bits per heavy atom. The zero-order valence-electron chi connectivity index (χ0n) is 13.3. The maximum atomic E-state index is 6.08. The zero-order chi connectivity index (χ0) is 15.0. The van der Waals surface area contributed by atoms with Crippen LogP contribution in [0, 0.1) is 6.92 Å². The average Bonchev–Trinajstić information content (AvgIpc) is 2.57. The molecule has 1 aromatic heterocycles. The number of rotatable bonds is 4. The van der Waals surface area contributed by atoms with Gasteiger partial charge in [0.2, 0.25) is 5.88 Å². The third-order valence-corrected chi connectivity index (χ3v) is 3.97. The summed E-state index contributed by atoms with van der Waals surface area (Å²) in [6.45, 7) is 12.9. The molecule has 0 bridgehead atoms. The molecule has 0 aliphatic carbocycles. The lowest BCUT2D eigenvalue weighted by atomic mass is 9.79. The summed E-state index contributed by atoms with van der Waals surface area (Å²) in [5.41, 5.74) is 1.23. The van der Waals surface area contributed by atoms with Gasteiger partial charge in [-0.05, 0) is 46.6 Å². The quantitative estimate of drug-likeness (QED) is 0.793. The lowest BCUT2D eigenvalue weighted by Gasteiger charge is -2.32. The van der Waals surface area contributed by atoms with E-state index in [1.165, 1.54) is 0 Å². The van der Waals surface area contributed by atoms with E-state index in [0.29, 0.717) is 12.5 Å². The van der Waals surface area contributed by atoms with Gasteiger partial charge >= 0.3 is 7.12 Å². The number of pyridine rings is 1. The Morgan fingerprint density at radius 2 is 1.80 bits per heavy atom. The first-order chi connectivity index (χ1) is 9.27. The molecular weight excluding hydrogens is 253 g/mol. The van der Waals surface area contributed by atoms with Crippen molar-refractivity contribution in [1.82, 2.24) is 4.98 Å². The highest BCUT2D eigenvalue weighted by Crippen LogP contribution is 2.37. The number of aromatic nitrogens is 1. The van der Waals surface area contributed by atoms with Crippen LogP contribution in [0.5, 0.6) is 5.88 Å². The SMILES string of the molecule is CCCOc1ncc(C)cc1B1OC(C)(C)C(C)(C)O1. The molecule has 20 heavy (non-hydrogen) atoms. The molecule has 0 spiro atoms. The largest absolute Gasteiger partial charge is 0.500 e. The molecule has 5 heteroatoms. The van der Waals surface area contributed by atoms with Gasteiger partial charge in [0.15, 0.2) is 0 Å². The Morgan fingerprint density at radius 3 is 2.35 bits per heavy atom. The van der Waals surface area contributed by atoms with Gasteiger partial charge in [0.1, 0.15) is 0 Å². The van der Waals surface area contributed by atoms with Gasteiger partial charge in [-0.25, -0.2) is 4.98 Å². The molecule has 110 valence electrons. The molecule has 0 amide bonds. The Kier molecular flexibility index (Phi) is 4.12. The molecule has 1 saturated heterocycles. The summed E-state index contributed by atoms with van der Waals surface area (Å²) in [6.07, 6.45) is 2.75. The van der Waals surface area contributed by atoms with Gasteiger partial charge in [0.05, 0.1) is 17.8 Å². The summed E-state index contributed by atoms with van der Waals surface area (Å²) in [5, 5.41) is 0. The van der Waals surface area contributed by atoms with Crippen molar-refractivity contribution in [1.29, 1.82) is 0 Å². The van der Waals surface area contributed by atoms with Crippen molar-refractivity contribution >= 4 is 12.6 Å². The van der Waals surface area contributed by atoms with E-state index in [1.807, 2.05) is 40.7 Å². The molecule has 4 nitrogen and oxygen atoms in total. The van der Waals surface area contributed by atoms with E-state index in [1.54, 1.807) is 6.20 Å². The third kappa shape index (κ3) is 2.84. The van der Waals surface area contributed by atoms with Gasteiger partial charge in [-0.15, -0.1) is 0 Å². The van der Waals surface area contributed by atoms with E-state index in [-0.39, 0.29) is 11.2 Å². The smallest absolute Gasteiger partial charge is 0.478 e. The van der Waals surface area contributed by atoms with E-state index in [0.717, 1.165) is 17.4 Å². The molecule has 0 unspecified atom stereocenters. The Labute approximate surface area is 122 Å². The van der Waals surface area contributed by atoms with Crippen molar-refractivity contribution in [3.05, 3.63) is 17.8 Å². The predicted molar refractivity (Wildman–Crippen MR) is 80.5 cm³/mol. The predicted octanol–water partition coefficient (Wildman–Crippen LogP) is 2.48. The molecule has 2 heterocycles. The minimum atomic E-state index is -0.431. The van der Waals surface area contributed by atoms with Crippen LogP contribution >= 0.6 is 0 Å². The van der Waals surface area contributed by atoms with Gasteiger partial charge in [-0.2, -0.15) is 0 Å². The summed E-state index contributed by atoms with van der Waals surface area (Å²) in [5.74, 6) is 0.607. The van der Waals surface area contributed by atoms with Crippen molar-refractivity contribution in [3.63, 3.8) is 0 Å². The standard InChI is InChI=1S/C15H24BNO3/c1-7-8-18-13-12(9-11(2)10-17-13)16-19-14(3,4)15(5,6)20-16/h9-10H,7-8H2,1-6H3. The van der Waals surface area contributed by atoms with Gasteiger partial charge < -0.3 is 14.0 Å². The molecule has 0 atom stereocenters. The monoisotopic (exact) mass is 277 g/mol. The average molecular weight is 277 g/mol. The molecule has 1 aliphatic heterocycles. The fourth-order valence-electron chi connectivity index (χ4n) is 2.04. The zero-order valence-corrected chi connectivity index (χ0v) is 13.3. The van der Waals surface area contributed by atoms with E-state index in [4.69, 9.17) is 14.0 Å². The maximum Gasteiger partial charge on any atom is 0.500 e. The summed E-state index contributed by atoms with van der Waals surface area (Å²) < 4.78 is 17.9. The van der Waals surface area contributed by atoms with Gasteiger partial charge in [-0.3, -0.25) is 0 Å². The Balaban J connectivity index is 2.31. The topological polar surface area (TPSA) is 40.6 Å². The number of hydrogen-bond donors (Lipinski definition) is 0. The molecule has 0 radical (unpaired) electrons. The number of nitrogens with zero attached hydrogens (tertiary/aromatic N) is 1. The van der Waals surface area contributed by atoms with Crippen LogP contribution in [0.15, 0.2) is 12.3 Å². The summed E-state index contributed by atoms with van der Waals surface area (Å²) in [4.78, 5) is 4.37. The minimum Gasteiger partial charge on any atom is -0.478 e. The van der Waals surface area contributed by atoms with Crippen molar-refractivity contribution in [3.8, 4) is 5.88 Å². The van der Waals surface area contributed by atoms with Crippen LogP contribution in [-0.4, -0.2) is 29.9 Å². The van der Waals surface area contributed by atoms with Crippen LogP contribution < -0.4 is 10.2 Å². The first-order valence-electron chi connectivity index (χ1n) is 7.22. The molecular formula is C15H24BNO3. The molecule has 1 aromatic rings. The Bertz CT molecular complexity index is 472. The second-order valence-electron chi connectivity index (χ2n) is 6.34. The lowest BCUT2D eigenvalue weighted by Crippen LogP contribution is -2.41. The van der Waals surface area contributed by atoms with Crippen LogP contribution in [0.1, 0.15) is 46.6 Å². The Hall–Kier alpha value is -1.07. The van der Waals surface area contributed by atoms with Gasteiger partial charge in [0.25, 0.3) is 0 Å². The van der Waals surface area contributed by atoms with Crippen LogP contribution in [0.25, 0.3) is 0 Å². The first kappa shape index (κ1) is 15.3. The van der Waals surface area contributed by atoms with Crippen LogP contribution in [0.2, 0.25) is 0 Å². The highest BCUT2D eigenvalue weighted by Gasteiger charge is 2.52.